The van der Waals surface area contributed by atoms with Gasteiger partial charge in [0.05, 0.1) is 12.2 Å². The van der Waals surface area contributed by atoms with Crippen LogP contribution in [-0.4, -0.2) is 12.2 Å². The van der Waals surface area contributed by atoms with Crippen molar-refractivity contribution in [2.75, 3.05) is 0 Å². The third-order valence-electron chi connectivity index (χ3n) is 3.25. The maximum absolute atomic E-state index is 6.01. The standard InChI is InChI=1S/C16H34O/c1-13(2)9-7-11-15(5)17-16(6)12-8-10-14(3)4/h13-16H,7-12H2,1-6H3. The largest absolute Gasteiger partial charge is 0.376 e. The molecule has 2 unspecified atom stereocenters. The van der Waals surface area contributed by atoms with Gasteiger partial charge in [0.25, 0.3) is 0 Å². The van der Waals surface area contributed by atoms with Crippen molar-refractivity contribution in [1.29, 1.82) is 0 Å². The van der Waals surface area contributed by atoms with Crippen molar-refractivity contribution in [3.63, 3.8) is 0 Å². The van der Waals surface area contributed by atoms with Gasteiger partial charge in [0, 0.05) is 0 Å². The first-order valence-electron chi connectivity index (χ1n) is 7.57. The predicted octanol–water partition coefficient (Wildman–Crippen LogP) is 5.43. The fraction of sp³-hybridized carbons (Fsp3) is 1.00. The summed E-state index contributed by atoms with van der Waals surface area (Å²) in [6, 6.07) is 0. The van der Waals surface area contributed by atoms with Gasteiger partial charge in [0.2, 0.25) is 0 Å². The summed E-state index contributed by atoms with van der Waals surface area (Å²) in [5.74, 6) is 1.65. The van der Waals surface area contributed by atoms with E-state index in [0.29, 0.717) is 12.2 Å². The minimum absolute atomic E-state index is 0.433. The van der Waals surface area contributed by atoms with Gasteiger partial charge in [0.15, 0.2) is 0 Å². The lowest BCUT2D eigenvalue weighted by Crippen LogP contribution is -2.17. The molecule has 0 saturated heterocycles. The van der Waals surface area contributed by atoms with Gasteiger partial charge < -0.3 is 4.74 Å². The Labute approximate surface area is 109 Å². The predicted molar refractivity (Wildman–Crippen MR) is 77.4 cm³/mol. The van der Waals surface area contributed by atoms with Crippen LogP contribution in [0.5, 0.6) is 0 Å². The molecule has 0 rings (SSSR count). The van der Waals surface area contributed by atoms with E-state index < -0.39 is 0 Å². The van der Waals surface area contributed by atoms with Crippen LogP contribution in [0.25, 0.3) is 0 Å². The summed E-state index contributed by atoms with van der Waals surface area (Å²) in [6.45, 7) is 13.6. The summed E-state index contributed by atoms with van der Waals surface area (Å²) in [5, 5.41) is 0. The summed E-state index contributed by atoms with van der Waals surface area (Å²) >= 11 is 0. The van der Waals surface area contributed by atoms with Gasteiger partial charge in [-0.25, -0.2) is 0 Å². The molecule has 0 aromatic rings. The van der Waals surface area contributed by atoms with E-state index in [2.05, 4.69) is 41.5 Å². The van der Waals surface area contributed by atoms with Crippen molar-refractivity contribution in [2.45, 2.75) is 92.3 Å². The monoisotopic (exact) mass is 242 g/mol. The molecule has 0 bridgehead atoms. The topological polar surface area (TPSA) is 9.23 Å². The molecule has 0 aliphatic rings. The van der Waals surface area contributed by atoms with Gasteiger partial charge in [-0.15, -0.1) is 0 Å². The van der Waals surface area contributed by atoms with Gasteiger partial charge in [-0.05, 0) is 38.5 Å². The smallest absolute Gasteiger partial charge is 0.0550 e. The van der Waals surface area contributed by atoms with E-state index in [9.17, 15) is 0 Å². The molecule has 0 aliphatic heterocycles. The highest BCUT2D eigenvalue weighted by Gasteiger charge is 2.09. The second-order valence-electron chi connectivity index (χ2n) is 6.41. The van der Waals surface area contributed by atoms with E-state index in [1.165, 1.54) is 38.5 Å². The molecule has 0 aromatic carbocycles. The lowest BCUT2D eigenvalue weighted by molar-refractivity contribution is -0.00287. The van der Waals surface area contributed by atoms with E-state index in [1.807, 2.05) is 0 Å². The molecule has 0 spiro atoms. The summed E-state index contributed by atoms with van der Waals surface area (Å²) < 4.78 is 6.01. The van der Waals surface area contributed by atoms with Crippen LogP contribution in [-0.2, 0) is 4.74 Å². The van der Waals surface area contributed by atoms with Crippen molar-refractivity contribution in [2.24, 2.45) is 11.8 Å². The first kappa shape index (κ1) is 17.0. The van der Waals surface area contributed by atoms with Gasteiger partial charge in [-0.3, -0.25) is 0 Å². The van der Waals surface area contributed by atoms with Crippen molar-refractivity contribution in [3.8, 4) is 0 Å². The molecule has 0 aliphatic carbocycles. The van der Waals surface area contributed by atoms with Crippen molar-refractivity contribution in [3.05, 3.63) is 0 Å². The molecule has 2 atom stereocenters. The average Bonchev–Trinajstić information content (AvgIpc) is 2.15. The summed E-state index contributed by atoms with van der Waals surface area (Å²) in [5.41, 5.74) is 0. The highest BCUT2D eigenvalue weighted by Crippen LogP contribution is 2.15. The Morgan fingerprint density at radius 1 is 0.588 bits per heavy atom. The second kappa shape index (κ2) is 9.94. The minimum Gasteiger partial charge on any atom is -0.376 e. The zero-order valence-corrected chi connectivity index (χ0v) is 13.0. The molecule has 0 saturated carbocycles. The van der Waals surface area contributed by atoms with Crippen LogP contribution >= 0.6 is 0 Å². The molecule has 0 fully saturated rings. The highest BCUT2D eigenvalue weighted by molar-refractivity contribution is 4.58. The van der Waals surface area contributed by atoms with Gasteiger partial charge in [-0.1, -0.05) is 53.4 Å². The van der Waals surface area contributed by atoms with Gasteiger partial charge in [-0.2, -0.15) is 0 Å². The first-order chi connectivity index (χ1) is 7.91. The SMILES string of the molecule is CC(C)CCCC(C)OC(C)CCCC(C)C. The van der Waals surface area contributed by atoms with Gasteiger partial charge in [0.1, 0.15) is 0 Å². The highest BCUT2D eigenvalue weighted by atomic mass is 16.5. The number of ether oxygens (including phenoxy) is 1. The lowest BCUT2D eigenvalue weighted by atomic mass is 10.0. The van der Waals surface area contributed by atoms with E-state index in [4.69, 9.17) is 4.74 Å². The van der Waals surface area contributed by atoms with Crippen LogP contribution in [0.15, 0.2) is 0 Å². The Hall–Kier alpha value is -0.0400. The fourth-order valence-corrected chi connectivity index (χ4v) is 2.16. The molecule has 1 nitrogen and oxygen atoms in total. The molecular formula is C16H34O. The fourth-order valence-electron chi connectivity index (χ4n) is 2.16. The summed E-state index contributed by atoms with van der Waals surface area (Å²) in [7, 11) is 0. The molecule has 0 N–H and O–H groups in total. The molecule has 1 heteroatoms. The Kier molecular flexibility index (Phi) is 9.91. The van der Waals surface area contributed by atoms with E-state index in [0.717, 1.165) is 11.8 Å². The third-order valence-corrected chi connectivity index (χ3v) is 3.25. The molecular weight excluding hydrogens is 208 g/mol. The Morgan fingerprint density at radius 3 is 1.24 bits per heavy atom. The number of hydrogen-bond donors (Lipinski definition) is 0. The maximum atomic E-state index is 6.01. The van der Waals surface area contributed by atoms with Crippen LogP contribution < -0.4 is 0 Å². The summed E-state index contributed by atoms with van der Waals surface area (Å²) in [4.78, 5) is 0. The quantitative estimate of drug-likeness (QED) is 0.496. The summed E-state index contributed by atoms with van der Waals surface area (Å²) in [6.07, 6.45) is 8.56. The average molecular weight is 242 g/mol. The zero-order valence-electron chi connectivity index (χ0n) is 13.0. The van der Waals surface area contributed by atoms with Crippen LogP contribution in [0.1, 0.15) is 80.1 Å². The molecule has 0 heterocycles. The molecule has 104 valence electrons. The van der Waals surface area contributed by atoms with Crippen LogP contribution in [0.4, 0.5) is 0 Å². The van der Waals surface area contributed by atoms with Crippen molar-refractivity contribution >= 4 is 0 Å². The van der Waals surface area contributed by atoms with E-state index >= 15 is 0 Å². The first-order valence-corrected chi connectivity index (χ1v) is 7.57. The maximum Gasteiger partial charge on any atom is 0.0550 e. The number of rotatable bonds is 10. The lowest BCUT2D eigenvalue weighted by Gasteiger charge is -2.20. The van der Waals surface area contributed by atoms with Crippen LogP contribution in [0, 0.1) is 11.8 Å². The molecule has 0 amide bonds. The molecule has 0 aromatic heterocycles. The van der Waals surface area contributed by atoms with E-state index in [1.54, 1.807) is 0 Å². The minimum atomic E-state index is 0.433. The molecule has 0 radical (unpaired) electrons. The number of hydrogen-bond acceptors (Lipinski definition) is 1. The van der Waals surface area contributed by atoms with Crippen molar-refractivity contribution < 1.29 is 4.74 Å². The third kappa shape index (κ3) is 12.2. The Bertz CT molecular complexity index is 145. The second-order valence-corrected chi connectivity index (χ2v) is 6.41. The zero-order chi connectivity index (χ0) is 13.3. The van der Waals surface area contributed by atoms with Crippen molar-refractivity contribution in [1.82, 2.24) is 0 Å². The Morgan fingerprint density at radius 2 is 0.941 bits per heavy atom. The van der Waals surface area contributed by atoms with Gasteiger partial charge >= 0.3 is 0 Å². The Balaban J connectivity index is 3.48. The molecule has 17 heavy (non-hydrogen) atoms. The van der Waals surface area contributed by atoms with E-state index in [-0.39, 0.29) is 0 Å². The van der Waals surface area contributed by atoms with Crippen LogP contribution in [0.2, 0.25) is 0 Å². The van der Waals surface area contributed by atoms with Crippen LogP contribution in [0.3, 0.4) is 0 Å². The normalized spacial score (nSPS) is 15.5.